The molecule has 1 aliphatic rings. The van der Waals surface area contributed by atoms with E-state index in [1.54, 1.807) is 18.0 Å². The second-order valence-corrected chi connectivity index (χ2v) is 7.86. The minimum atomic E-state index is -0.131. The third-order valence-corrected chi connectivity index (χ3v) is 5.71. The van der Waals surface area contributed by atoms with Crippen molar-refractivity contribution in [3.05, 3.63) is 76.3 Å². The molecule has 6 nitrogen and oxygen atoms in total. The zero-order valence-electron chi connectivity index (χ0n) is 16.2. The SMILES string of the molecule is COc1ccc2c(c1)Oc1ncn3nc(CCCCl)nc3c1C2c1ccc(Cl)cc1. The van der Waals surface area contributed by atoms with Crippen molar-refractivity contribution in [3.8, 4) is 17.4 Å². The van der Waals surface area contributed by atoms with Crippen LogP contribution in [0.5, 0.6) is 17.4 Å². The molecule has 8 heteroatoms. The van der Waals surface area contributed by atoms with Gasteiger partial charge in [0.15, 0.2) is 11.5 Å². The van der Waals surface area contributed by atoms with E-state index in [4.69, 9.17) is 37.7 Å². The lowest BCUT2D eigenvalue weighted by Crippen LogP contribution is -2.15. The molecule has 0 N–H and O–H groups in total. The van der Waals surface area contributed by atoms with E-state index < -0.39 is 0 Å². The number of fused-ring (bicyclic) bond motifs is 4. The Bertz CT molecular complexity index is 1220. The Kier molecular flexibility index (Phi) is 4.97. The molecule has 4 aromatic rings. The number of alkyl halides is 1. The maximum Gasteiger partial charge on any atom is 0.228 e. The van der Waals surface area contributed by atoms with Gasteiger partial charge in [-0.3, -0.25) is 0 Å². The Labute approximate surface area is 183 Å². The first-order chi connectivity index (χ1) is 14.7. The lowest BCUT2D eigenvalue weighted by Gasteiger charge is -2.28. The summed E-state index contributed by atoms with van der Waals surface area (Å²) in [5, 5.41) is 5.26. The van der Waals surface area contributed by atoms with Gasteiger partial charge in [-0.15, -0.1) is 16.7 Å². The van der Waals surface area contributed by atoms with E-state index in [0.717, 1.165) is 40.3 Å². The van der Waals surface area contributed by atoms with Gasteiger partial charge in [0.2, 0.25) is 5.88 Å². The van der Waals surface area contributed by atoms with Crippen molar-refractivity contribution in [1.82, 2.24) is 19.6 Å². The van der Waals surface area contributed by atoms with E-state index in [0.29, 0.717) is 29.0 Å². The highest BCUT2D eigenvalue weighted by molar-refractivity contribution is 6.30. The summed E-state index contributed by atoms with van der Waals surface area (Å²) in [6, 6.07) is 13.6. The van der Waals surface area contributed by atoms with Gasteiger partial charge in [0.25, 0.3) is 0 Å². The number of benzene rings is 2. The summed E-state index contributed by atoms with van der Waals surface area (Å²) in [6.45, 7) is 0. The first kappa shape index (κ1) is 19.2. The summed E-state index contributed by atoms with van der Waals surface area (Å²) in [4.78, 5) is 9.32. The molecule has 0 amide bonds. The summed E-state index contributed by atoms with van der Waals surface area (Å²) >= 11 is 12.0. The third-order valence-electron chi connectivity index (χ3n) is 5.20. The van der Waals surface area contributed by atoms with Crippen molar-refractivity contribution in [2.75, 3.05) is 13.0 Å². The van der Waals surface area contributed by atoms with Crippen molar-refractivity contribution in [2.24, 2.45) is 0 Å². The third kappa shape index (κ3) is 3.26. The van der Waals surface area contributed by atoms with Crippen LogP contribution in [-0.4, -0.2) is 32.6 Å². The fourth-order valence-electron chi connectivity index (χ4n) is 3.80. The fraction of sp³-hybridized carbons (Fsp3) is 0.227. The maximum absolute atomic E-state index is 6.17. The second kappa shape index (κ2) is 7.78. The smallest absolute Gasteiger partial charge is 0.228 e. The topological polar surface area (TPSA) is 61.5 Å². The molecule has 0 aliphatic carbocycles. The molecular weight excluding hydrogens is 423 g/mol. The number of hydrogen-bond acceptors (Lipinski definition) is 5. The van der Waals surface area contributed by atoms with E-state index in [2.05, 4.69) is 10.1 Å². The highest BCUT2D eigenvalue weighted by Crippen LogP contribution is 2.48. The highest BCUT2D eigenvalue weighted by atomic mass is 35.5. The highest BCUT2D eigenvalue weighted by Gasteiger charge is 2.33. The van der Waals surface area contributed by atoms with Gasteiger partial charge in [-0.05, 0) is 30.2 Å². The van der Waals surface area contributed by atoms with Crippen molar-refractivity contribution in [3.63, 3.8) is 0 Å². The van der Waals surface area contributed by atoms with Crippen molar-refractivity contribution >= 4 is 28.8 Å². The molecule has 0 spiro atoms. The lowest BCUT2D eigenvalue weighted by atomic mass is 9.84. The Hall–Kier alpha value is -2.83. The average Bonchev–Trinajstić information content (AvgIpc) is 3.19. The zero-order chi connectivity index (χ0) is 20.7. The van der Waals surface area contributed by atoms with E-state index in [-0.39, 0.29) is 5.92 Å². The van der Waals surface area contributed by atoms with Gasteiger partial charge in [0.05, 0.1) is 12.7 Å². The monoisotopic (exact) mass is 440 g/mol. The standard InChI is InChI=1S/C22H18Cl2N4O2/c1-29-15-8-9-16-17(11-15)30-22-20(19(16)13-4-6-14(24)7-5-13)21-26-18(3-2-10-23)27-28(21)12-25-22/h4-9,11-12,19H,2-3,10H2,1H3. The van der Waals surface area contributed by atoms with Gasteiger partial charge in [0.1, 0.15) is 17.8 Å². The summed E-state index contributed by atoms with van der Waals surface area (Å²) in [5.74, 6) is 3.12. The van der Waals surface area contributed by atoms with E-state index in [9.17, 15) is 0 Å². The molecule has 0 saturated heterocycles. The Balaban J connectivity index is 1.73. The molecule has 152 valence electrons. The molecule has 0 saturated carbocycles. The number of methoxy groups -OCH3 is 1. The van der Waals surface area contributed by atoms with Gasteiger partial charge in [0, 0.05) is 34.9 Å². The van der Waals surface area contributed by atoms with Gasteiger partial charge < -0.3 is 9.47 Å². The summed E-state index contributed by atoms with van der Waals surface area (Å²) in [5.41, 5.74) is 3.68. The van der Waals surface area contributed by atoms with Crippen LogP contribution in [0.1, 0.15) is 34.9 Å². The Morgan fingerprint density at radius 3 is 2.77 bits per heavy atom. The first-order valence-corrected chi connectivity index (χ1v) is 10.5. The zero-order valence-corrected chi connectivity index (χ0v) is 17.7. The largest absolute Gasteiger partial charge is 0.497 e. The molecule has 1 atom stereocenters. The molecule has 1 unspecified atom stereocenters. The number of halogens is 2. The van der Waals surface area contributed by atoms with Gasteiger partial charge in [-0.1, -0.05) is 29.8 Å². The van der Waals surface area contributed by atoms with Gasteiger partial charge >= 0.3 is 0 Å². The fourth-order valence-corrected chi connectivity index (χ4v) is 4.06. The number of aromatic nitrogens is 4. The number of rotatable bonds is 5. The molecule has 0 radical (unpaired) electrons. The molecule has 2 aromatic carbocycles. The molecule has 1 aliphatic heterocycles. The van der Waals surface area contributed by atoms with Crippen LogP contribution in [0.25, 0.3) is 5.65 Å². The van der Waals surface area contributed by atoms with Crippen LogP contribution in [0, 0.1) is 0 Å². The van der Waals surface area contributed by atoms with Crippen LogP contribution in [0.15, 0.2) is 48.8 Å². The molecule has 30 heavy (non-hydrogen) atoms. The molecule has 0 bridgehead atoms. The summed E-state index contributed by atoms with van der Waals surface area (Å²) in [7, 11) is 1.63. The van der Waals surface area contributed by atoms with Crippen molar-refractivity contribution in [2.45, 2.75) is 18.8 Å². The van der Waals surface area contributed by atoms with Crippen LogP contribution in [0.3, 0.4) is 0 Å². The van der Waals surface area contributed by atoms with E-state index in [1.807, 2.05) is 42.5 Å². The molecule has 0 fully saturated rings. The molecule has 5 rings (SSSR count). The Morgan fingerprint density at radius 2 is 2.00 bits per heavy atom. The predicted molar refractivity (Wildman–Crippen MR) is 115 cm³/mol. The molecule has 3 heterocycles. The number of aryl methyl sites for hydroxylation is 1. The van der Waals surface area contributed by atoms with Crippen LogP contribution in [0.2, 0.25) is 5.02 Å². The number of ether oxygens (including phenoxy) is 2. The normalized spacial score (nSPS) is 14.8. The number of hydrogen-bond donors (Lipinski definition) is 0. The first-order valence-electron chi connectivity index (χ1n) is 9.59. The molecular formula is C22H18Cl2N4O2. The quantitative estimate of drug-likeness (QED) is 0.349. The Morgan fingerprint density at radius 1 is 1.17 bits per heavy atom. The van der Waals surface area contributed by atoms with Crippen LogP contribution < -0.4 is 9.47 Å². The minimum absolute atomic E-state index is 0.131. The van der Waals surface area contributed by atoms with Crippen LogP contribution >= 0.6 is 23.2 Å². The minimum Gasteiger partial charge on any atom is -0.497 e. The lowest BCUT2D eigenvalue weighted by molar-refractivity contribution is 0.400. The van der Waals surface area contributed by atoms with Crippen LogP contribution in [-0.2, 0) is 6.42 Å². The molecule has 2 aromatic heterocycles. The van der Waals surface area contributed by atoms with Gasteiger partial charge in [-0.2, -0.15) is 0 Å². The number of nitrogens with zero attached hydrogens (tertiary/aromatic N) is 4. The van der Waals surface area contributed by atoms with Gasteiger partial charge in [-0.25, -0.2) is 14.5 Å². The maximum atomic E-state index is 6.17. The van der Waals surface area contributed by atoms with Crippen LogP contribution in [0.4, 0.5) is 0 Å². The predicted octanol–water partition coefficient (Wildman–Crippen LogP) is 5.24. The summed E-state index contributed by atoms with van der Waals surface area (Å²) < 4.78 is 13.3. The van der Waals surface area contributed by atoms with E-state index >= 15 is 0 Å². The van der Waals surface area contributed by atoms with Crippen molar-refractivity contribution < 1.29 is 9.47 Å². The van der Waals surface area contributed by atoms with E-state index in [1.165, 1.54) is 0 Å². The summed E-state index contributed by atoms with van der Waals surface area (Å²) in [6.07, 6.45) is 3.16. The van der Waals surface area contributed by atoms with Crippen molar-refractivity contribution in [1.29, 1.82) is 0 Å². The second-order valence-electron chi connectivity index (χ2n) is 7.04. The average molecular weight is 441 g/mol.